The maximum absolute atomic E-state index is 13.0. The third kappa shape index (κ3) is 1.50. The minimum Gasteiger partial charge on any atom is -0.258 e. The highest BCUT2D eigenvalue weighted by Gasteiger charge is 2.53. The van der Waals surface area contributed by atoms with Gasteiger partial charge in [-0.3, -0.25) is 4.98 Å². The molecule has 18 heavy (non-hydrogen) atoms. The van der Waals surface area contributed by atoms with Crippen LogP contribution in [0.1, 0.15) is 18.5 Å². The first-order valence-corrected chi connectivity index (χ1v) is 5.43. The third-order valence-electron chi connectivity index (χ3n) is 3.33. The zero-order chi connectivity index (χ0) is 12.8. The standard InChI is InChI=1S/C11H9F3N4/c12-10(13)11(1-2-11)8-3-6-7(4-15-8)16-5-17-9(6)18-14/h3-5,10H,1-2H2,(H,16,17,18). The van der Waals surface area contributed by atoms with Gasteiger partial charge in [0.25, 0.3) is 0 Å². The lowest BCUT2D eigenvalue weighted by Crippen LogP contribution is -2.18. The fourth-order valence-corrected chi connectivity index (χ4v) is 2.03. The van der Waals surface area contributed by atoms with Gasteiger partial charge in [-0.2, -0.15) is 0 Å². The van der Waals surface area contributed by atoms with E-state index in [2.05, 4.69) is 15.0 Å². The van der Waals surface area contributed by atoms with E-state index in [1.54, 1.807) is 0 Å². The minimum atomic E-state index is -2.46. The molecule has 7 heteroatoms. The fraction of sp³-hybridized carbons (Fsp3) is 0.364. The van der Waals surface area contributed by atoms with Crippen molar-refractivity contribution in [3.8, 4) is 0 Å². The summed E-state index contributed by atoms with van der Waals surface area (Å²) in [7, 11) is 0. The first-order chi connectivity index (χ1) is 8.67. The van der Waals surface area contributed by atoms with Crippen LogP contribution in [0.15, 0.2) is 18.6 Å². The Morgan fingerprint density at radius 2 is 2.00 bits per heavy atom. The zero-order valence-electron chi connectivity index (χ0n) is 9.20. The number of anilines is 1. The largest absolute Gasteiger partial charge is 0.258 e. The lowest BCUT2D eigenvalue weighted by Gasteiger charge is -2.14. The van der Waals surface area contributed by atoms with Crippen molar-refractivity contribution < 1.29 is 13.3 Å². The van der Waals surface area contributed by atoms with Crippen molar-refractivity contribution in [2.75, 3.05) is 5.54 Å². The molecule has 1 fully saturated rings. The molecule has 0 radical (unpaired) electrons. The van der Waals surface area contributed by atoms with Gasteiger partial charge in [-0.15, -0.1) is 4.48 Å². The van der Waals surface area contributed by atoms with E-state index in [0.29, 0.717) is 23.7 Å². The molecule has 1 saturated carbocycles. The van der Waals surface area contributed by atoms with E-state index in [-0.39, 0.29) is 11.5 Å². The Morgan fingerprint density at radius 1 is 1.22 bits per heavy atom. The Morgan fingerprint density at radius 3 is 2.61 bits per heavy atom. The van der Waals surface area contributed by atoms with Crippen LogP contribution in [0.3, 0.4) is 0 Å². The van der Waals surface area contributed by atoms with Crippen LogP contribution in [0.4, 0.5) is 19.1 Å². The Kier molecular flexibility index (Phi) is 2.36. The molecule has 4 nitrogen and oxygen atoms in total. The molecule has 2 aromatic rings. The molecule has 0 unspecified atom stereocenters. The van der Waals surface area contributed by atoms with Gasteiger partial charge >= 0.3 is 0 Å². The van der Waals surface area contributed by atoms with Crippen LogP contribution in [0, 0.1) is 0 Å². The van der Waals surface area contributed by atoms with E-state index in [1.807, 2.05) is 0 Å². The van der Waals surface area contributed by atoms with Gasteiger partial charge < -0.3 is 0 Å². The first kappa shape index (κ1) is 11.2. The summed E-state index contributed by atoms with van der Waals surface area (Å²) in [6, 6.07) is 1.44. The molecule has 1 aliphatic carbocycles. The van der Waals surface area contributed by atoms with Gasteiger partial charge in [0.1, 0.15) is 6.33 Å². The van der Waals surface area contributed by atoms with E-state index in [4.69, 9.17) is 0 Å². The maximum Gasteiger partial charge on any atom is 0.249 e. The number of pyridine rings is 1. The van der Waals surface area contributed by atoms with Gasteiger partial charge in [-0.1, -0.05) is 0 Å². The van der Waals surface area contributed by atoms with Crippen LogP contribution < -0.4 is 5.54 Å². The van der Waals surface area contributed by atoms with E-state index in [9.17, 15) is 13.3 Å². The lowest BCUT2D eigenvalue weighted by atomic mass is 10.0. The molecule has 0 aromatic carbocycles. The zero-order valence-corrected chi connectivity index (χ0v) is 9.20. The van der Waals surface area contributed by atoms with E-state index in [0.717, 1.165) is 0 Å². The normalized spacial score (nSPS) is 17.1. The predicted octanol–water partition coefficient (Wildman–Crippen LogP) is 2.62. The van der Waals surface area contributed by atoms with Gasteiger partial charge in [0, 0.05) is 5.39 Å². The maximum atomic E-state index is 13.0. The Hall–Kier alpha value is -1.92. The molecule has 0 spiro atoms. The molecule has 2 heterocycles. The second kappa shape index (κ2) is 3.79. The molecule has 0 saturated heterocycles. The SMILES string of the molecule is FNc1ncnc2cnc(C3(C(F)F)CC3)cc12. The molecule has 0 amide bonds. The number of aromatic nitrogens is 3. The summed E-state index contributed by atoms with van der Waals surface area (Å²) in [6.07, 6.45) is 0.889. The van der Waals surface area contributed by atoms with E-state index in [1.165, 1.54) is 24.1 Å². The predicted molar refractivity (Wildman–Crippen MR) is 59.0 cm³/mol. The number of hydrogen-bond donors (Lipinski definition) is 1. The highest BCUT2D eigenvalue weighted by Crippen LogP contribution is 2.52. The van der Waals surface area contributed by atoms with E-state index < -0.39 is 11.8 Å². The van der Waals surface area contributed by atoms with Crippen LogP contribution in [0.5, 0.6) is 0 Å². The summed E-state index contributed by atoms with van der Waals surface area (Å²) in [4.78, 5) is 11.6. The van der Waals surface area contributed by atoms with Gasteiger partial charge in [0.05, 0.1) is 22.8 Å². The van der Waals surface area contributed by atoms with Crippen LogP contribution in [-0.2, 0) is 5.41 Å². The second-order valence-corrected chi connectivity index (χ2v) is 4.36. The molecule has 0 atom stereocenters. The van der Waals surface area contributed by atoms with Gasteiger partial charge in [-0.25, -0.2) is 24.3 Å². The lowest BCUT2D eigenvalue weighted by molar-refractivity contribution is 0.0999. The molecule has 0 aliphatic heterocycles. The number of rotatable bonds is 3. The molecule has 94 valence electrons. The summed E-state index contributed by atoms with van der Waals surface area (Å²) in [5, 5.41) is 0.358. The summed E-state index contributed by atoms with van der Waals surface area (Å²) in [6.45, 7) is 0. The number of hydrogen-bond acceptors (Lipinski definition) is 4. The Balaban J connectivity index is 2.16. The van der Waals surface area contributed by atoms with Crippen LogP contribution in [-0.4, -0.2) is 21.4 Å². The van der Waals surface area contributed by atoms with Crippen molar-refractivity contribution in [2.24, 2.45) is 0 Å². The smallest absolute Gasteiger partial charge is 0.249 e. The van der Waals surface area contributed by atoms with Crippen molar-refractivity contribution >= 4 is 16.7 Å². The van der Waals surface area contributed by atoms with Crippen molar-refractivity contribution in [3.05, 3.63) is 24.3 Å². The number of fused-ring (bicyclic) bond motifs is 1. The summed E-state index contributed by atoms with van der Waals surface area (Å²) >= 11 is 0. The Bertz CT molecular complexity index is 598. The van der Waals surface area contributed by atoms with Crippen LogP contribution >= 0.6 is 0 Å². The summed E-state index contributed by atoms with van der Waals surface area (Å²) in [5.74, 6) is -0.0336. The summed E-state index contributed by atoms with van der Waals surface area (Å²) in [5.41, 5.74) is 0.953. The first-order valence-electron chi connectivity index (χ1n) is 5.43. The average molecular weight is 254 g/mol. The third-order valence-corrected chi connectivity index (χ3v) is 3.33. The quantitative estimate of drug-likeness (QED) is 0.855. The number of alkyl halides is 2. The monoisotopic (exact) mass is 254 g/mol. The van der Waals surface area contributed by atoms with Gasteiger partial charge in [0.15, 0.2) is 5.82 Å². The highest BCUT2D eigenvalue weighted by atomic mass is 19.3. The van der Waals surface area contributed by atoms with Gasteiger partial charge in [-0.05, 0) is 18.9 Å². The average Bonchev–Trinajstić information content (AvgIpc) is 3.19. The van der Waals surface area contributed by atoms with Crippen LogP contribution in [0.25, 0.3) is 10.9 Å². The second-order valence-electron chi connectivity index (χ2n) is 4.36. The number of halogens is 3. The van der Waals surface area contributed by atoms with E-state index >= 15 is 0 Å². The van der Waals surface area contributed by atoms with Crippen molar-refractivity contribution in [2.45, 2.75) is 24.7 Å². The summed E-state index contributed by atoms with van der Waals surface area (Å²) < 4.78 is 38.5. The van der Waals surface area contributed by atoms with Crippen molar-refractivity contribution in [3.63, 3.8) is 0 Å². The molecule has 3 rings (SSSR count). The topological polar surface area (TPSA) is 50.7 Å². The molecule has 1 aliphatic rings. The van der Waals surface area contributed by atoms with Crippen molar-refractivity contribution in [1.82, 2.24) is 15.0 Å². The van der Waals surface area contributed by atoms with Gasteiger partial charge in [0.2, 0.25) is 6.43 Å². The molecule has 0 bridgehead atoms. The number of nitrogens with one attached hydrogen (secondary N) is 1. The minimum absolute atomic E-state index is 0.0336. The fourth-order valence-electron chi connectivity index (χ4n) is 2.03. The molecule has 2 aromatic heterocycles. The molecular weight excluding hydrogens is 245 g/mol. The number of nitrogens with zero attached hydrogens (tertiary/aromatic N) is 3. The highest BCUT2D eigenvalue weighted by molar-refractivity contribution is 5.88. The molecule has 1 N–H and O–H groups in total. The Labute approximate surface area is 100 Å². The van der Waals surface area contributed by atoms with Crippen molar-refractivity contribution in [1.29, 1.82) is 0 Å². The molecular formula is C11H9F3N4. The van der Waals surface area contributed by atoms with Crippen LogP contribution in [0.2, 0.25) is 0 Å².